The predicted octanol–water partition coefficient (Wildman–Crippen LogP) is 4.00. The Morgan fingerprint density at radius 1 is 1.00 bits per heavy atom. The molecule has 0 saturated carbocycles. The fraction of sp³-hybridized carbons (Fsp3) is 0.176. The second-order valence-electron chi connectivity index (χ2n) is 4.70. The lowest BCUT2D eigenvalue weighted by atomic mass is 9.99. The van der Waals surface area contributed by atoms with Crippen LogP contribution in [0.15, 0.2) is 47.8 Å². The second-order valence-corrected chi connectivity index (χ2v) is 5.61. The predicted molar refractivity (Wildman–Crippen MR) is 85.4 cm³/mol. The van der Waals surface area contributed by atoms with Crippen LogP contribution < -0.4 is 9.47 Å². The number of aliphatic hydroxyl groups is 1. The van der Waals surface area contributed by atoms with Crippen molar-refractivity contribution in [1.82, 2.24) is 0 Å². The van der Waals surface area contributed by atoms with E-state index in [1.54, 1.807) is 25.6 Å². The van der Waals surface area contributed by atoms with E-state index < -0.39 is 6.10 Å². The number of ether oxygens (including phenoxy) is 2. The zero-order valence-electron chi connectivity index (χ0n) is 11.9. The summed E-state index contributed by atoms with van der Waals surface area (Å²) >= 11 is 1.63. The highest BCUT2D eigenvalue weighted by atomic mass is 32.1. The maximum Gasteiger partial charge on any atom is 0.125 e. The van der Waals surface area contributed by atoms with Crippen molar-refractivity contribution < 1.29 is 14.6 Å². The smallest absolute Gasteiger partial charge is 0.125 e. The van der Waals surface area contributed by atoms with Crippen molar-refractivity contribution in [3.05, 3.63) is 59.0 Å². The number of methoxy groups -OCH3 is 2. The van der Waals surface area contributed by atoms with Gasteiger partial charge in [-0.3, -0.25) is 0 Å². The molecule has 1 unspecified atom stereocenters. The third-order valence-corrected chi connectivity index (χ3v) is 4.51. The molecule has 3 rings (SSSR count). The Bertz CT molecular complexity index is 764. The molecule has 0 saturated heterocycles. The van der Waals surface area contributed by atoms with Crippen LogP contribution in [0, 0.1) is 0 Å². The zero-order chi connectivity index (χ0) is 14.8. The summed E-state index contributed by atoms with van der Waals surface area (Å²) in [5.74, 6) is 1.35. The van der Waals surface area contributed by atoms with Gasteiger partial charge in [-0.15, -0.1) is 11.3 Å². The van der Waals surface area contributed by atoms with E-state index >= 15 is 0 Å². The average molecular weight is 300 g/mol. The van der Waals surface area contributed by atoms with Gasteiger partial charge in [0.1, 0.15) is 17.6 Å². The minimum atomic E-state index is -0.752. The average Bonchev–Trinajstić information content (AvgIpc) is 3.02. The molecular formula is C17H16O3S. The fourth-order valence-electron chi connectivity index (χ4n) is 2.45. The summed E-state index contributed by atoms with van der Waals surface area (Å²) in [4.78, 5) is 0. The lowest BCUT2D eigenvalue weighted by molar-refractivity contribution is 0.216. The third kappa shape index (κ3) is 2.48. The molecule has 3 nitrogen and oxygen atoms in total. The van der Waals surface area contributed by atoms with Crippen molar-refractivity contribution in [2.75, 3.05) is 14.2 Å². The van der Waals surface area contributed by atoms with Gasteiger partial charge in [0.05, 0.1) is 14.2 Å². The molecule has 0 aliphatic heterocycles. The van der Waals surface area contributed by atoms with Crippen LogP contribution in [0.3, 0.4) is 0 Å². The van der Waals surface area contributed by atoms with E-state index in [0.717, 1.165) is 15.6 Å². The summed E-state index contributed by atoms with van der Waals surface area (Å²) in [5, 5.41) is 14.0. The lowest BCUT2D eigenvalue weighted by Crippen LogP contribution is -2.03. The molecule has 21 heavy (non-hydrogen) atoms. The quantitative estimate of drug-likeness (QED) is 0.791. The van der Waals surface area contributed by atoms with Crippen molar-refractivity contribution in [3.63, 3.8) is 0 Å². The molecule has 3 aromatic rings. The van der Waals surface area contributed by atoms with E-state index in [9.17, 15) is 5.11 Å². The van der Waals surface area contributed by atoms with Gasteiger partial charge in [0.15, 0.2) is 0 Å². The number of thiophene rings is 1. The van der Waals surface area contributed by atoms with Crippen molar-refractivity contribution in [3.8, 4) is 11.5 Å². The first-order chi connectivity index (χ1) is 10.2. The molecule has 1 atom stereocenters. The number of hydrogen-bond acceptors (Lipinski definition) is 4. The van der Waals surface area contributed by atoms with E-state index in [-0.39, 0.29) is 0 Å². The van der Waals surface area contributed by atoms with Crippen LogP contribution in [-0.4, -0.2) is 19.3 Å². The Kier molecular flexibility index (Phi) is 3.82. The van der Waals surface area contributed by atoms with Gasteiger partial charge in [0, 0.05) is 15.8 Å². The van der Waals surface area contributed by atoms with Crippen molar-refractivity contribution in [1.29, 1.82) is 0 Å². The van der Waals surface area contributed by atoms with Gasteiger partial charge in [-0.1, -0.05) is 18.2 Å². The Morgan fingerprint density at radius 3 is 2.62 bits per heavy atom. The molecule has 0 aliphatic carbocycles. The standard InChI is InChI=1S/C17H16O3S/c1-19-12-6-7-15(20-2)14(10-12)16(18)13-5-3-4-11-8-9-21-17(11)13/h3-10,16,18H,1-2H3. The van der Waals surface area contributed by atoms with Gasteiger partial charge in [-0.25, -0.2) is 0 Å². The Hall–Kier alpha value is -2.04. The molecule has 1 heterocycles. The number of fused-ring (bicyclic) bond motifs is 1. The van der Waals surface area contributed by atoms with Crippen molar-refractivity contribution >= 4 is 21.4 Å². The number of rotatable bonds is 4. The van der Waals surface area contributed by atoms with E-state index in [2.05, 4.69) is 6.07 Å². The summed E-state index contributed by atoms with van der Waals surface area (Å²) in [6, 6.07) is 13.5. The maximum atomic E-state index is 10.8. The van der Waals surface area contributed by atoms with Crippen LogP contribution in [0.1, 0.15) is 17.2 Å². The first-order valence-corrected chi connectivity index (χ1v) is 7.48. The highest BCUT2D eigenvalue weighted by molar-refractivity contribution is 7.17. The van der Waals surface area contributed by atoms with Crippen LogP contribution in [0.5, 0.6) is 11.5 Å². The summed E-state index contributed by atoms with van der Waals surface area (Å²) in [7, 11) is 3.21. The van der Waals surface area contributed by atoms with Crippen LogP contribution in [0.25, 0.3) is 10.1 Å². The van der Waals surface area contributed by atoms with Crippen LogP contribution >= 0.6 is 11.3 Å². The molecule has 4 heteroatoms. The Balaban J connectivity index is 2.13. The summed E-state index contributed by atoms with van der Waals surface area (Å²) < 4.78 is 11.7. The fourth-order valence-corrected chi connectivity index (χ4v) is 3.39. The van der Waals surface area contributed by atoms with Gasteiger partial charge < -0.3 is 14.6 Å². The lowest BCUT2D eigenvalue weighted by Gasteiger charge is -2.17. The summed E-state index contributed by atoms with van der Waals surface area (Å²) in [6.07, 6.45) is -0.752. The first kappa shape index (κ1) is 13.9. The van der Waals surface area contributed by atoms with Crippen molar-refractivity contribution in [2.24, 2.45) is 0 Å². The molecule has 0 radical (unpaired) electrons. The summed E-state index contributed by atoms with van der Waals surface area (Å²) in [6.45, 7) is 0. The van der Waals surface area contributed by atoms with Crippen LogP contribution in [0.4, 0.5) is 0 Å². The SMILES string of the molecule is COc1ccc(OC)c(C(O)c2cccc3ccsc23)c1. The molecule has 0 aliphatic rings. The second kappa shape index (κ2) is 5.76. The van der Waals surface area contributed by atoms with E-state index in [1.807, 2.05) is 41.8 Å². The van der Waals surface area contributed by atoms with Crippen molar-refractivity contribution in [2.45, 2.75) is 6.10 Å². The van der Waals surface area contributed by atoms with Crippen LogP contribution in [0.2, 0.25) is 0 Å². The minimum absolute atomic E-state index is 0.650. The van der Waals surface area contributed by atoms with Gasteiger partial charge >= 0.3 is 0 Å². The Labute approximate surface area is 127 Å². The van der Waals surface area contributed by atoms with Gasteiger partial charge in [0.2, 0.25) is 0 Å². The third-order valence-electron chi connectivity index (χ3n) is 3.54. The van der Waals surface area contributed by atoms with Gasteiger partial charge in [0.25, 0.3) is 0 Å². The molecule has 2 aromatic carbocycles. The molecule has 0 bridgehead atoms. The minimum Gasteiger partial charge on any atom is -0.497 e. The van der Waals surface area contributed by atoms with E-state index in [4.69, 9.17) is 9.47 Å². The molecule has 0 amide bonds. The monoisotopic (exact) mass is 300 g/mol. The molecule has 1 aromatic heterocycles. The van der Waals surface area contributed by atoms with Crippen LogP contribution in [-0.2, 0) is 0 Å². The normalized spacial score (nSPS) is 12.3. The number of hydrogen-bond donors (Lipinski definition) is 1. The topological polar surface area (TPSA) is 38.7 Å². The first-order valence-electron chi connectivity index (χ1n) is 6.60. The summed E-state index contributed by atoms with van der Waals surface area (Å²) in [5.41, 5.74) is 1.59. The molecule has 108 valence electrons. The molecular weight excluding hydrogens is 284 g/mol. The molecule has 1 N–H and O–H groups in total. The van der Waals surface area contributed by atoms with Gasteiger partial charge in [-0.2, -0.15) is 0 Å². The molecule has 0 spiro atoms. The highest BCUT2D eigenvalue weighted by Gasteiger charge is 2.19. The number of aliphatic hydroxyl groups excluding tert-OH is 1. The van der Waals surface area contributed by atoms with Gasteiger partial charge in [-0.05, 0) is 35.0 Å². The van der Waals surface area contributed by atoms with E-state index in [1.165, 1.54) is 0 Å². The van der Waals surface area contributed by atoms with E-state index in [0.29, 0.717) is 17.1 Å². The largest absolute Gasteiger partial charge is 0.497 e. The molecule has 0 fully saturated rings. The maximum absolute atomic E-state index is 10.8. The highest BCUT2D eigenvalue weighted by Crippen LogP contribution is 2.37. The number of benzene rings is 2. The Morgan fingerprint density at radius 2 is 1.86 bits per heavy atom. The zero-order valence-corrected chi connectivity index (χ0v) is 12.7.